The number of ketones is 1. The number of rotatable bonds is 16. The van der Waals surface area contributed by atoms with E-state index >= 15 is 0 Å². The third-order valence-corrected chi connectivity index (χ3v) is 6.94. The van der Waals surface area contributed by atoms with Crippen LogP contribution in [0.5, 0.6) is 5.75 Å². The summed E-state index contributed by atoms with van der Waals surface area (Å²) in [5.41, 5.74) is -0.684. The summed E-state index contributed by atoms with van der Waals surface area (Å²) in [5.74, 6) is 2.16. The van der Waals surface area contributed by atoms with Crippen LogP contribution < -0.4 is 4.74 Å². The first-order valence-electron chi connectivity index (χ1n) is 13.5. The average molecular weight is 493 g/mol. The van der Waals surface area contributed by atoms with E-state index < -0.39 is 11.7 Å². The van der Waals surface area contributed by atoms with Crippen LogP contribution in [0.4, 0.5) is 13.2 Å². The summed E-state index contributed by atoms with van der Waals surface area (Å²) in [4.78, 5) is 12.4. The number of unbranched alkanes of at least 4 members (excludes halogenated alkanes) is 1. The van der Waals surface area contributed by atoms with Gasteiger partial charge in [-0.25, -0.2) is 0 Å². The van der Waals surface area contributed by atoms with Crippen LogP contribution in [0.15, 0.2) is 48.6 Å². The predicted molar refractivity (Wildman–Crippen MR) is 137 cm³/mol. The number of benzene rings is 1. The van der Waals surface area contributed by atoms with E-state index in [2.05, 4.69) is 38.2 Å². The van der Waals surface area contributed by atoms with Crippen molar-refractivity contribution in [3.63, 3.8) is 0 Å². The molecule has 5 heteroatoms. The Kier molecular flexibility index (Phi) is 13.2. The molecule has 2 rings (SSSR count). The molecule has 2 atom stereocenters. The largest absolute Gasteiger partial charge is 0.493 e. The van der Waals surface area contributed by atoms with E-state index in [4.69, 9.17) is 4.74 Å². The molecule has 1 aliphatic carbocycles. The first kappa shape index (κ1) is 29.2. The third-order valence-electron chi connectivity index (χ3n) is 6.94. The van der Waals surface area contributed by atoms with Gasteiger partial charge in [0.25, 0.3) is 0 Å². The molecule has 1 aliphatic rings. The Morgan fingerprint density at radius 2 is 1.86 bits per heavy atom. The van der Waals surface area contributed by atoms with Crippen molar-refractivity contribution < 1.29 is 22.7 Å². The number of carbonyl (C=O) groups is 1. The van der Waals surface area contributed by atoms with Crippen molar-refractivity contribution >= 4 is 5.78 Å². The van der Waals surface area contributed by atoms with Crippen LogP contribution >= 0.6 is 0 Å². The lowest BCUT2D eigenvalue weighted by Crippen LogP contribution is -2.13. The molecule has 0 radical (unpaired) electrons. The SMILES string of the molecule is CCCC(CCC)C(=O)CCC/C=C\C[C@H]1CCCC1/C=C/CCOc1cccc(C(F)(F)F)c1. The minimum Gasteiger partial charge on any atom is -0.493 e. The normalized spacial score (nSPS) is 18.8. The van der Waals surface area contributed by atoms with Gasteiger partial charge in [0.1, 0.15) is 11.5 Å². The molecule has 0 aliphatic heterocycles. The van der Waals surface area contributed by atoms with E-state index in [-0.39, 0.29) is 11.7 Å². The van der Waals surface area contributed by atoms with Gasteiger partial charge >= 0.3 is 6.18 Å². The molecule has 1 fully saturated rings. The van der Waals surface area contributed by atoms with Crippen LogP contribution in [0, 0.1) is 17.8 Å². The highest BCUT2D eigenvalue weighted by Gasteiger charge is 2.30. The average Bonchev–Trinajstić information content (AvgIpc) is 3.27. The van der Waals surface area contributed by atoms with Crippen molar-refractivity contribution in [2.75, 3.05) is 6.61 Å². The number of hydrogen-bond donors (Lipinski definition) is 0. The molecule has 35 heavy (non-hydrogen) atoms. The van der Waals surface area contributed by atoms with Crippen LogP contribution in [0.2, 0.25) is 0 Å². The molecule has 1 aromatic rings. The molecular weight excluding hydrogens is 449 g/mol. The highest BCUT2D eigenvalue weighted by Crippen LogP contribution is 2.35. The highest BCUT2D eigenvalue weighted by atomic mass is 19.4. The van der Waals surface area contributed by atoms with Gasteiger partial charge in [-0.3, -0.25) is 4.79 Å². The number of hydrogen-bond acceptors (Lipinski definition) is 2. The smallest absolute Gasteiger partial charge is 0.416 e. The first-order valence-corrected chi connectivity index (χ1v) is 13.5. The monoisotopic (exact) mass is 492 g/mol. The van der Waals surface area contributed by atoms with Gasteiger partial charge in [-0.05, 0) is 81.4 Å². The lowest BCUT2D eigenvalue weighted by atomic mass is 9.90. The number of carbonyl (C=O) groups excluding carboxylic acids is 1. The Bertz CT molecular complexity index is 791. The van der Waals surface area contributed by atoms with E-state index in [1.807, 2.05) is 0 Å². The fourth-order valence-electron chi connectivity index (χ4n) is 5.04. The van der Waals surface area contributed by atoms with Gasteiger partial charge in [-0.15, -0.1) is 0 Å². The topological polar surface area (TPSA) is 26.3 Å². The second kappa shape index (κ2) is 15.9. The maximum absolute atomic E-state index is 12.8. The zero-order valence-corrected chi connectivity index (χ0v) is 21.5. The Balaban J connectivity index is 1.65. The fraction of sp³-hybridized carbons (Fsp3) is 0.633. The summed E-state index contributed by atoms with van der Waals surface area (Å²) in [7, 11) is 0. The van der Waals surface area contributed by atoms with Crippen molar-refractivity contribution in [3.05, 3.63) is 54.1 Å². The lowest BCUT2D eigenvalue weighted by Gasteiger charge is -2.14. The molecule has 0 aromatic heterocycles. The summed E-state index contributed by atoms with van der Waals surface area (Å²) < 4.78 is 43.9. The molecule has 0 amide bonds. The van der Waals surface area contributed by atoms with Crippen LogP contribution in [0.3, 0.4) is 0 Å². The fourth-order valence-corrected chi connectivity index (χ4v) is 5.04. The van der Waals surface area contributed by atoms with Crippen molar-refractivity contribution in [1.82, 2.24) is 0 Å². The van der Waals surface area contributed by atoms with Crippen molar-refractivity contribution in [2.24, 2.45) is 17.8 Å². The number of allylic oxidation sites excluding steroid dienone is 3. The molecule has 0 saturated heterocycles. The van der Waals surface area contributed by atoms with Gasteiger partial charge in [-0.1, -0.05) is 63.5 Å². The zero-order chi connectivity index (χ0) is 25.5. The number of ether oxygens (including phenoxy) is 1. The zero-order valence-electron chi connectivity index (χ0n) is 21.5. The van der Waals surface area contributed by atoms with Gasteiger partial charge in [0.2, 0.25) is 0 Å². The molecule has 0 spiro atoms. The van der Waals surface area contributed by atoms with E-state index in [0.29, 0.717) is 37.1 Å². The first-order chi connectivity index (χ1) is 16.8. The summed E-state index contributed by atoms with van der Waals surface area (Å²) in [6.45, 7) is 4.67. The van der Waals surface area contributed by atoms with E-state index in [9.17, 15) is 18.0 Å². The minimum atomic E-state index is -4.35. The van der Waals surface area contributed by atoms with Crippen LogP contribution in [0.1, 0.15) is 96.5 Å². The van der Waals surface area contributed by atoms with E-state index in [1.165, 1.54) is 25.3 Å². The summed E-state index contributed by atoms with van der Waals surface area (Å²) in [6.07, 6.45) is 16.8. The predicted octanol–water partition coefficient (Wildman–Crippen LogP) is 9.35. The standard InChI is InChI=1S/C30H43F3O2/c1-3-13-26(14-4-2)29(34)21-8-6-5-7-15-24-17-11-18-25(24)16-9-10-22-35-28-20-12-19-27(23-28)30(31,32)33/h5,7,9,12,16,19-20,23-26H,3-4,6,8,10-11,13-15,17-18,21-22H2,1-2H3/b7-5-,16-9+/t24-,25?/m0/s1. The Hall–Kier alpha value is -2.04. The van der Waals surface area contributed by atoms with Crippen molar-refractivity contribution in [3.8, 4) is 5.75 Å². The van der Waals surface area contributed by atoms with Crippen LogP contribution in [0.25, 0.3) is 0 Å². The van der Waals surface area contributed by atoms with E-state index in [1.54, 1.807) is 6.07 Å². The van der Waals surface area contributed by atoms with Crippen molar-refractivity contribution in [2.45, 2.75) is 97.1 Å². The number of halogens is 3. The van der Waals surface area contributed by atoms with Gasteiger partial charge in [-0.2, -0.15) is 13.2 Å². The quantitative estimate of drug-likeness (QED) is 0.170. The molecule has 0 bridgehead atoms. The second-order valence-corrected chi connectivity index (χ2v) is 9.79. The third kappa shape index (κ3) is 11.0. The van der Waals surface area contributed by atoms with Gasteiger partial charge in [0.05, 0.1) is 12.2 Å². The molecule has 1 unspecified atom stereocenters. The van der Waals surface area contributed by atoms with Crippen LogP contribution in [-0.2, 0) is 11.0 Å². The molecule has 2 nitrogen and oxygen atoms in total. The Labute approximate surface area is 210 Å². The van der Waals surface area contributed by atoms with Gasteiger partial charge in [0.15, 0.2) is 0 Å². The summed E-state index contributed by atoms with van der Waals surface area (Å²) in [5, 5.41) is 0. The van der Waals surface area contributed by atoms with Gasteiger partial charge < -0.3 is 4.74 Å². The summed E-state index contributed by atoms with van der Waals surface area (Å²) in [6, 6.07) is 5.03. The Morgan fingerprint density at radius 3 is 2.57 bits per heavy atom. The maximum Gasteiger partial charge on any atom is 0.416 e. The van der Waals surface area contributed by atoms with Gasteiger partial charge in [0, 0.05) is 12.3 Å². The molecule has 1 aromatic carbocycles. The Morgan fingerprint density at radius 1 is 1.09 bits per heavy atom. The minimum absolute atomic E-state index is 0.255. The molecular formula is C30H43F3O2. The molecule has 1 saturated carbocycles. The number of alkyl halides is 3. The lowest BCUT2D eigenvalue weighted by molar-refractivity contribution is -0.137. The molecule has 0 heterocycles. The molecule has 0 N–H and O–H groups in total. The maximum atomic E-state index is 12.8. The van der Waals surface area contributed by atoms with E-state index in [0.717, 1.165) is 57.1 Å². The second-order valence-electron chi connectivity index (χ2n) is 9.79. The summed E-state index contributed by atoms with van der Waals surface area (Å²) >= 11 is 0. The molecule has 196 valence electrons. The van der Waals surface area contributed by atoms with Crippen molar-refractivity contribution in [1.29, 1.82) is 0 Å². The number of Topliss-reactive ketones (excluding diaryl/α,β-unsaturated/α-hetero) is 1. The van der Waals surface area contributed by atoms with Crippen LogP contribution in [-0.4, -0.2) is 12.4 Å². The highest BCUT2D eigenvalue weighted by molar-refractivity contribution is 5.80.